The molecule has 0 unspecified atom stereocenters. The van der Waals surface area contributed by atoms with Crippen LogP contribution in [0.15, 0.2) is 60.7 Å². The van der Waals surface area contributed by atoms with Crippen molar-refractivity contribution < 1.29 is 19.2 Å². The van der Waals surface area contributed by atoms with Gasteiger partial charge in [-0.05, 0) is 61.4 Å². The molecule has 1 aliphatic heterocycles. The van der Waals surface area contributed by atoms with Gasteiger partial charge in [-0.1, -0.05) is 12.1 Å². The van der Waals surface area contributed by atoms with E-state index in [9.17, 15) is 19.7 Å². The lowest BCUT2D eigenvalue weighted by Gasteiger charge is -2.15. The molecule has 0 aromatic heterocycles. The Kier molecular flexibility index (Phi) is 4.35. The van der Waals surface area contributed by atoms with Crippen LogP contribution in [0.25, 0.3) is 0 Å². The van der Waals surface area contributed by atoms with E-state index < -0.39 is 16.7 Å². The zero-order valence-corrected chi connectivity index (χ0v) is 15.7. The van der Waals surface area contributed by atoms with Crippen molar-refractivity contribution in [3.8, 4) is 11.5 Å². The van der Waals surface area contributed by atoms with Crippen molar-refractivity contribution in [1.29, 1.82) is 0 Å². The Labute approximate surface area is 166 Å². The minimum Gasteiger partial charge on any atom is -0.457 e. The number of carbonyl (C=O) groups is 2. The van der Waals surface area contributed by atoms with Gasteiger partial charge in [-0.3, -0.25) is 19.7 Å². The minimum atomic E-state index is -0.597. The number of ether oxygens (including phenoxy) is 1. The number of non-ortho nitro benzene ring substituents is 1. The van der Waals surface area contributed by atoms with E-state index in [0.717, 1.165) is 27.8 Å². The molecule has 0 saturated carbocycles. The molecular formula is C22H16N2O5. The fourth-order valence-corrected chi connectivity index (χ4v) is 3.20. The summed E-state index contributed by atoms with van der Waals surface area (Å²) in [7, 11) is 0. The van der Waals surface area contributed by atoms with Gasteiger partial charge in [0, 0.05) is 12.1 Å². The maximum Gasteiger partial charge on any atom is 0.270 e. The molecule has 0 radical (unpaired) electrons. The van der Waals surface area contributed by atoms with Gasteiger partial charge in [-0.15, -0.1) is 0 Å². The van der Waals surface area contributed by atoms with Crippen molar-refractivity contribution >= 4 is 23.2 Å². The lowest BCUT2D eigenvalue weighted by molar-refractivity contribution is -0.384. The van der Waals surface area contributed by atoms with E-state index in [-0.39, 0.29) is 16.8 Å². The van der Waals surface area contributed by atoms with Crippen LogP contribution < -0.4 is 9.64 Å². The van der Waals surface area contributed by atoms with Gasteiger partial charge >= 0.3 is 0 Å². The number of nitro benzene ring substituents is 1. The van der Waals surface area contributed by atoms with Crippen LogP contribution in [0.3, 0.4) is 0 Å². The summed E-state index contributed by atoms with van der Waals surface area (Å²) < 4.78 is 5.90. The molecule has 7 nitrogen and oxygen atoms in total. The number of anilines is 1. The van der Waals surface area contributed by atoms with Crippen LogP contribution in [0.5, 0.6) is 11.5 Å². The number of hydrogen-bond acceptors (Lipinski definition) is 5. The van der Waals surface area contributed by atoms with E-state index in [4.69, 9.17) is 4.74 Å². The number of fused-ring (bicyclic) bond motifs is 1. The molecule has 0 atom stereocenters. The minimum absolute atomic E-state index is 0.0277. The largest absolute Gasteiger partial charge is 0.457 e. The summed E-state index contributed by atoms with van der Waals surface area (Å²) >= 11 is 0. The zero-order valence-electron chi connectivity index (χ0n) is 15.7. The Bertz CT molecular complexity index is 1170. The number of aryl methyl sites for hydroxylation is 1. The second-order valence-electron chi connectivity index (χ2n) is 6.73. The predicted molar refractivity (Wildman–Crippen MR) is 107 cm³/mol. The predicted octanol–water partition coefficient (Wildman–Crippen LogP) is 4.80. The number of rotatable bonds is 4. The highest BCUT2D eigenvalue weighted by Gasteiger charge is 2.37. The third-order valence-corrected chi connectivity index (χ3v) is 4.96. The molecule has 0 spiro atoms. The van der Waals surface area contributed by atoms with E-state index >= 15 is 0 Å². The van der Waals surface area contributed by atoms with Crippen molar-refractivity contribution in [3.05, 3.63) is 93.0 Å². The molecule has 0 fully saturated rings. The number of nitrogens with zero attached hydrogens (tertiary/aromatic N) is 2. The number of amides is 2. The van der Waals surface area contributed by atoms with Crippen LogP contribution >= 0.6 is 0 Å². The van der Waals surface area contributed by atoms with Gasteiger partial charge in [-0.2, -0.15) is 0 Å². The SMILES string of the molecule is Cc1cccc(Oc2ccc(N3C(=O)c4ccc([N+](=O)[O-])cc4C3=O)cc2)c1C. The fourth-order valence-electron chi connectivity index (χ4n) is 3.20. The fraction of sp³-hybridized carbons (Fsp3) is 0.0909. The summed E-state index contributed by atoms with van der Waals surface area (Å²) in [5.41, 5.74) is 2.45. The maximum absolute atomic E-state index is 12.7. The Morgan fingerprint density at radius 2 is 1.59 bits per heavy atom. The van der Waals surface area contributed by atoms with Crippen LogP contribution in [0, 0.1) is 24.0 Å². The average molecular weight is 388 g/mol. The molecule has 1 heterocycles. The standard InChI is InChI=1S/C22H16N2O5/c1-13-4-3-5-20(14(13)2)29-17-9-6-15(7-10-17)23-21(25)18-11-8-16(24(27)28)12-19(18)22(23)26/h3-12H,1-2H3. The molecule has 29 heavy (non-hydrogen) atoms. The highest BCUT2D eigenvalue weighted by Crippen LogP contribution is 2.33. The van der Waals surface area contributed by atoms with Gasteiger partial charge in [0.15, 0.2) is 0 Å². The Morgan fingerprint density at radius 3 is 2.28 bits per heavy atom. The topological polar surface area (TPSA) is 89.8 Å². The van der Waals surface area contributed by atoms with Crippen LogP contribution in [-0.4, -0.2) is 16.7 Å². The third-order valence-electron chi connectivity index (χ3n) is 4.96. The zero-order chi connectivity index (χ0) is 20.7. The first-order valence-corrected chi connectivity index (χ1v) is 8.88. The van der Waals surface area contributed by atoms with Gasteiger partial charge in [-0.25, -0.2) is 4.90 Å². The van der Waals surface area contributed by atoms with Crippen molar-refractivity contribution in [2.45, 2.75) is 13.8 Å². The van der Waals surface area contributed by atoms with Crippen LogP contribution in [0.2, 0.25) is 0 Å². The van der Waals surface area contributed by atoms with Crippen molar-refractivity contribution in [2.75, 3.05) is 4.90 Å². The highest BCUT2D eigenvalue weighted by molar-refractivity contribution is 6.34. The normalized spacial score (nSPS) is 12.8. The number of imide groups is 1. The molecule has 0 N–H and O–H groups in total. The first-order valence-electron chi connectivity index (χ1n) is 8.88. The van der Waals surface area contributed by atoms with Crippen LogP contribution in [0.4, 0.5) is 11.4 Å². The molecular weight excluding hydrogens is 372 g/mol. The molecule has 3 aromatic carbocycles. The first kappa shape index (κ1) is 18.4. The maximum atomic E-state index is 12.7. The molecule has 0 bridgehead atoms. The lowest BCUT2D eigenvalue weighted by Crippen LogP contribution is -2.29. The van der Waals surface area contributed by atoms with E-state index in [1.807, 2.05) is 32.0 Å². The van der Waals surface area contributed by atoms with Gasteiger partial charge < -0.3 is 4.74 Å². The average Bonchev–Trinajstić information content (AvgIpc) is 2.96. The first-order chi connectivity index (χ1) is 13.9. The van der Waals surface area contributed by atoms with Gasteiger partial charge in [0.05, 0.1) is 21.7 Å². The monoisotopic (exact) mass is 388 g/mol. The van der Waals surface area contributed by atoms with E-state index in [1.54, 1.807) is 24.3 Å². The summed E-state index contributed by atoms with van der Waals surface area (Å²) in [5, 5.41) is 11.0. The molecule has 3 aromatic rings. The van der Waals surface area contributed by atoms with Crippen LogP contribution in [0.1, 0.15) is 31.8 Å². The molecule has 7 heteroatoms. The smallest absolute Gasteiger partial charge is 0.270 e. The Hall–Kier alpha value is -4.00. The summed E-state index contributed by atoms with van der Waals surface area (Å²) in [6, 6.07) is 16.0. The highest BCUT2D eigenvalue weighted by atomic mass is 16.6. The quantitative estimate of drug-likeness (QED) is 0.364. The Morgan fingerprint density at radius 1 is 0.897 bits per heavy atom. The number of hydrogen-bond donors (Lipinski definition) is 0. The molecule has 1 aliphatic rings. The molecule has 4 rings (SSSR count). The number of nitro groups is 1. The van der Waals surface area contributed by atoms with Gasteiger partial charge in [0.25, 0.3) is 17.5 Å². The summed E-state index contributed by atoms with van der Waals surface area (Å²) in [6.45, 7) is 3.97. The number of carbonyl (C=O) groups excluding carboxylic acids is 2. The summed E-state index contributed by atoms with van der Waals surface area (Å²) in [4.78, 5) is 36.7. The van der Waals surface area contributed by atoms with Crippen molar-refractivity contribution in [2.24, 2.45) is 0 Å². The molecule has 2 amide bonds. The second-order valence-corrected chi connectivity index (χ2v) is 6.73. The Balaban J connectivity index is 1.61. The van der Waals surface area contributed by atoms with E-state index in [1.165, 1.54) is 12.1 Å². The van der Waals surface area contributed by atoms with Crippen molar-refractivity contribution in [1.82, 2.24) is 0 Å². The van der Waals surface area contributed by atoms with Gasteiger partial charge in [0.2, 0.25) is 0 Å². The molecule has 144 valence electrons. The molecule has 0 saturated heterocycles. The third kappa shape index (κ3) is 3.12. The van der Waals surface area contributed by atoms with Gasteiger partial charge in [0.1, 0.15) is 11.5 Å². The van der Waals surface area contributed by atoms with E-state index in [0.29, 0.717) is 11.4 Å². The van der Waals surface area contributed by atoms with Crippen molar-refractivity contribution in [3.63, 3.8) is 0 Å². The van der Waals surface area contributed by atoms with Crippen LogP contribution in [-0.2, 0) is 0 Å². The number of benzene rings is 3. The summed E-state index contributed by atoms with van der Waals surface area (Å²) in [5.74, 6) is 0.195. The summed E-state index contributed by atoms with van der Waals surface area (Å²) in [6.07, 6.45) is 0. The van der Waals surface area contributed by atoms with E-state index in [2.05, 4.69) is 0 Å². The second kappa shape index (κ2) is 6.87. The molecule has 0 aliphatic carbocycles. The lowest BCUT2D eigenvalue weighted by atomic mass is 10.1.